The van der Waals surface area contributed by atoms with Gasteiger partial charge in [0.2, 0.25) is 10.0 Å². The van der Waals surface area contributed by atoms with Crippen LogP contribution in [0.2, 0.25) is 0 Å². The average molecular weight is 341 g/mol. The van der Waals surface area contributed by atoms with Crippen LogP contribution in [-0.4, -0.2) is 25.7 Å². The molecular formula is C10H14BrFN2O3S. The Morgan fingerprint density at radius 1 is 1.50 bits per heavy atom. The minimum absolute atomic E-state index is 0.0652. The zero-order valence-electron chi connectivity index (χ0n) is 9.87. The summed E-state index contributed by atoms with van der Waals surface area (Å²) < 4.78 is 39.6. The van der Waals surface area contributed by atoms with Crippen LogP contribution in [0.1, 0.15) is 13.8 Å². The number of rotatable bonds is 4. The second-order valence-electron chi connectivity index (χ2n) is 4.45. The molecule has 0 atom stereocenters. The molecule has 102 valence electrons. The summed E-state index contributed by atoms with van der Waals surface area (Å²) in [4.78, 5) is -0.178. The molecule has 0 unspecified atom stereocenters. The van der Waals surface area contributed by atoms with Crippen molar-refractivity contribution in [3.63, 3.8) is 0 Å². The summed E-state index contributed by atoms with van der Waals surface area (Å²) in [6.45, 7) is 2.66. The molecule has 18 heavy (non-hydrogen) atoms. The van der Waals surface area contributed by atoms with Crippen LogP contribution < -0.4 is 10.5 Å². The van der Waals surface area contributed by atoms with Crippen molar-refractivity contribution in [3.05, 3.63) is 22.4 Å². The van der Waals surface area contributed by atoms with Gasteiger partial charge in [0, 0.05) is 4.47 Å². The Bertz CT molecular complexity index is 560. The van der Waals surface area contributed by atoms with Crippen molar-refractivity contribution < 1.29 is 17.9 Å². The van der Waals surface area contributed by atoms with E-state index in [0.29, 0.717) is 0 Å². The summed E-state index contributed by atoms with van der Waals surface area (Å²) >= 11 is 2.97. The number of benzene rings is 1. The van der Waals surface area contributed by atoms with E-state index < -0.39 is 21.4 Å². The average Bonchev–Trinajstić information content (AvgIpc) is 2.21. The number of nitrogens with two attached hydrogens (primary N) is 1. The van der Waals surface area contributed by atoms with E-state index in [4.69, 9.17) is 10.8 Å². The van der Waals surface area contributed by atoms with Gasteiger partial charge in [-0.05, 0) is 41.9 Å². The minimum Gasteiger partial charge on any atom is -0.396 e. The monoisotopic (exact) mass is 340 g/mol. The number of nitrogens with one attached hydrogen (secondary N) is 1. The Morgan fingerprint density at radius 2 is 2.06 bits per heavy atom. The molecule has 0 radical (unpaired) electrons. The third-order valence-corrected chi connectivity index (χ3v) is 4.80. The Labute approximate surface area is 113 Å². The van der Waals surface area contributed by atoms with E-state index in [0.717, 1.165) is 12.1 Å². The van der Waals surface area contributed by atoms with Crippen molar-refractivity contribution in [3.8, 4) is 0 Å². The molecule has 1 rings (SSSR count). The van der Waals surface area contributed by atoms with Crippen LogP contribution in [0.25, 0.3) is 0 Å². The van der Waals surface area contributed by atoms with E-state index in [1.54, 1.807) is 0 Å². The van der Waals surface area contributed by atoms with Gasteiger partial charge in [-0.15, -0.1) is 0 Å². The quantitative estimate of drug-likeness (QED) is 0.718. The fraction of sp³-hybridized carbons (Fsp3) is 0.400. The molecule has 5 nitrogen and oxygen atoms in total. The van der Waals surface area contributed by atoms with Crippen LogP contribution in [-0.2, 0) is 10.0 Å². The van der Waals surface area contributed by atoms with Gasteiger partial charge >= 0.3 is 0 Å². The lowest BCUT2D eigenvalue weighted by molar-refractivity contribution is 0.208. The van der Waals surface area contributed by atoms with E-state index >= 15 is 0 Å². The topological polar surface area (TPSA) is 92.4 Å². The zero-order chi connectivity index (χ0) is 14.1. The van der Waals surface area contributed by atoms with E-state index in [1.807, 2.05) is 0 Å². The Kier molecular flexibility index (Phi) is 4.37. The Balaban J connectivity index is 3.26. The van der Waals surface area contributed by atoms with Crippen LogP contribution in [0.15, 0.2) is 21.5 Å². The van der Waals surface area contributed by atoms with Gasteiger partial charge in [0.15, 0.2) is 0 Å². The van der Waals surface area contributed by atoms with Gasteiger partial charge in [-0.3, -0.25) is 0 Å². The molecule has 0 amide bonds. The van der Waals surface area contributed by atoms with Gasteiger partial charge in [-0.1, -0.05) is 0 Å². The normalized spacial score (nSPS) is 12.7. The number of nitrogen functional groups attached to an aromatic ring is 1. The predicted octanol–water partition coefficient (Wildman–Crippen LogP) is 1.22. The number of aliphatic hydroxyl groups excluding tert-OH is 1. The van der Waals surface area contributed by atoms with Crippen molar-refractivity contribution >= 4 is 31.6 Å². The third kappa shape index (κ3) is 3.41. The number of hydrogen-bond donors (Lipinski definition) is 3. The second kappa shape index (κ2) is 5.12. The predicted molar refractivity (Wildman–Crippen MR) is 70.0 cm³/mol. The minimum atomic E-state index is -3.90. The number of aliphatic hydroxyl groups is 1. The first-order valence-electron chi connectivity index (χ1n) is 4.98. The van der Waals surface area contributed by atoms with Crippen molar-refractivity contribution in [2.24, 2.45) is 0 Å². The zero-order valence-corrected chi connectivity index (χ0v) is 12.3. The van der Waals surface area contributed by atoms with Crippen LogP contribution in [0.3, 0.4) is 0 Å². The Hall–Kier alpha value is -0.700. The first-order chi connectivity index (χ1) is 8.09. The van der Waals surface area contributed by atoms with E-state index in [9.17, 15) is 12.8 Å². The van der Waals surface area contributed by atoms with E-state index in [2.05, 4.69) is 20.7 Å². The summed E-state index contributed by atoms with van der Waals surface area (Å²) in [6.07, 6.45) is 0. The van der Waals surface area contributed by atoms with E-state index in [1.165, 1.54) is 13.8 Å². The maximum atomic E-state index is 13.1. The highest BCUT2D eigenvalue weighted by Gasteiger charge is 2.27. The molecule has 0 bridgehead atoms. The second-order valence-corrected chi connectivity index (χ2v) is 6.96. The van der Waals surface area contributed by atoms with Gasteiger partial charge < -0.3 is 10.8 Å². The summed E-state index contributed by atoms with van der Waals surface area (Å²) in [5.41, 5.74) is 4.06. The largest absolute Gasteiger partial charge is 0.396 e. The molecule has 1 aromatic rings. The highest BCUT2D eigenvalue weighted by atomic mass is 79.9. The number of anilines is 1. The number of hydrogen-bond acceptors (Lipinski definition) is 4. The standard InChI is InChI=1S/C10H14BrFN2O3S/c1-10(2,5-15)14-18(16,17)9-4-8(13)7(12)3-6(9)11/h3-4,14-15H,5,13H2,1-2H3. The van der Waals surface area contributed by atoms with E-state index in [-0.39, 0.29) is 21.7 Å². The van der Waals surface area contributed by atoms with Gasteiger partial charge in [0.25, 0.3) is 0 Å². The van der Waals surface area contributed by atoms with Crippen LogP contribution in [0.4, 0.5) is 10.1 Å². The molecule has 8 heteroatoms. The molecule has 0 fully saturated rings. The molecular weight excluding hydrogens is 327 g/mol. The lowest BCUT2D eigenvalue weighted by Crippen LogP contribution is -2.46. The fourth-order valence-electron chi connectivity index (χ4n) is 1.20. The molecule has 0 aromatic heterocycles. The summed E-state index contributed by atoms with van der Waals surface area (Å²) in [7, 11) is -3.90. The number of sulfonamides is 1. The molecule has 0 aliphatic carbocycles. The molecule has 0 aliphatic heterocycles. The van der Waals surface area contributed by atoms with Crippen molar-refractivity contribution in [1.82, 2.24) is 4.72 Å². The van der Waals surface area contributed by atoms with Gasteiger partial charge in [-0.25, -0.2) is 17.5 Å². The maximum absolute atomic E-state index is 13.1. The molecule has 0 aliphatic rings. The van der Waals surface area contributed by atoms with Crippen molar-refractivity contribution in [2.45, 2.75) is 24.3 Å². The summed E-state index contributed by atoms with van der Waals surface area (Å²) in [5, 5.41) is 9.05. The van der Waals surface area contributed by atoms with Gasteiger partial charge in [0.05, 0.1) is 22.7 Å². The van der Waals surface area contributed by atoms with Crippen LogP contribution in [0, 0.1) is 5.82 Å². The smallest absolute Gasteiger partial charge is 0.242 e. The third-order valence-electron chi connectivity index (χ3n) is 2.15. The molecule has 4 N–H and O–H groups in total. The molecule has 0 heterocycles. The van der Waals surface area contributed by atoms with Gasteiger partial charge in [0.1, 0.15) is 5.82 Å². The fourth-order valence-corrected chi connectivity index (χ4v) is 3.66. The van der Waals surface area contributed by atoms with Crippen molar-refractivity contribution in [1.29, 1.82) is 0 Å². The first-order valence-corrected chi connectivity index (χ1v) is 7.26. The number of halogens is 2. The lowest BCUT2D eigenvalue weighted by atomic mass is 10.1. The summed E-state index contributed by atoms with van der Waals surface area (Å²) in [5.74, 6) is -0.706. The Morgan fingerprint density at radius 3 is 2.56 bits per heavy atom. The van der Waals surface area contributed by atoms with Crippen molar-refractivity contribution in [2.75, 3.05) is 12.3 Å². The SMILES string of the molecule is CC(C)(CO)NS(=O)(=O)c1cc(N)c(F)cc1Br. The molecule has 1 aromatic carbocycles. The molecule has 0 saturated heterocycles. The van der Waals surface area contributed by atoms with Gasteiger partial charge in [-0.2, -0.15) is 0 Å². The lowest BCUT2D eigenvalue weighted by Gasteiger charge is -2.23. The van der Waals surface area contributed by atoms with Crippen LogP contribution >= 0.6 is 15.9 Å². The molecule has 0 saturated carbocycles. The maximum Gasteiger partial charge on any atom is 0.242 e. The first kappa shape index (κ1) is 15.4. The molecule has 0 spiro atoms. The summed E-state index contributed by atoms with van der Waals surface area (Å²) in [6, 6.07) is 2.01. The van der Waals surface area contributed by atoms with Crippen LogP contribution in [0.5, 0.6) is 0 Å². The highest BCUT2D eigenvalue weighted by molar-refractivity contribution is 9.10. The highest BCUT2D eigenvalue weighted by Crippen LogP contribution is 2.27.